The summed E-state index contributed by atoms with van der Waals surface area (Å²) < 4.78 is 3.07. The van der Waals surface area contributed by atoms with Crippen LogP contribution in [-0.2, 0) is 9.59 Å². The molecule has 0 bridgehead atoms. The molecule has 4 aromatic rings. The Morgan fingerprint density at radius 2 is 1.54 bits per heavy atom. The lowest BCUT2D eigenvalue weighted by Crippen LogP contribution is -2.36. The van der Waals surface area contributed by atoms with E-state index in [0.717, 1.165) is 25.6 Å². The quantitative estimate of drug-likeness (QED) is 0.250. The minimum Gasteiger partial charge on any atom is -0.321 e. The van der Waals surface area contributed by atoms with Gasteiger partial charge in [0, 0.05) is 25.7 Å². The average molecular weight is 598 g/mol. The number of hydrogen-bond donors (Lipinski definition) is 3. The van der Waals surface area contributed by atoms with Crippen LogP contribution in [0.2, 0.25) is 0 Å². The molecule has 0 atom stereocenters. The van der Waals surface area contributed by atoms with E-state index in [4.69, 9.17) is 0 Å². The molecule has 1 aromatic heterocycles. The van der Waals surface area contributed by atoms with Gasteiger partial charge in [0.2, 0.25) is 0 Å². The maximum absolute atomic E-state index is 13.2. The highest BCUT2D eigenvalue weighted by atomic mass is 79.9. The van der Waals surface area contributed by atoms with Gasteiger partial charge in [-0.3, -0.25) is 19.8 Å². The van der Waals surface area contributed by atoms with E-state index in [1.54, 1.807) is 30.3 Å². The number of nitrogens with one attached hydrogen (secondary N) is 3. The number of hydrogen-bond acceptors (Lipinski definition) is 3. The van der Waals surface area contributed by atoms with Crippen molar-refractivity contribution in [1.29, 1.82) is 0 Å². The topological polar surface area (TPSA) is 92.2 Å². The summed E-state index contributed by atoms with van der Waals surface area (Å²) in [6, 6.07) is 18.1. The molecule has 0 aliphatic heterocycles. The molecule has 0 saturated heterocycles. The normalized spacial score (nSPS) is 10.8. The molecule has 178 valence electrons. The molecule has 3 amide bonds. The van der Waals surface area contributed by atoms with E-state index in [-0.39, 0.29) is 5.69 Å². The summed E-state index contributed by atoms with van der Waals surface area (Å²) in [5, 5.41) is 6.21. The Labute approximate surface area is 219 Å². The zero-order valence-electron chi connectivity index (χ0n) is 19.2. The first kappa shape index (κ1) is 24.7. The summed E-state index contributed by atoms with van der Waals surface area (Å²) in [4.78, 5) is 38.7. The number of aromatic nitrogens is 1. The van der Waals surface area contributed by atoms with Crippen molar-refractivity contribution < 1.29 is 14.4 Å². The Balaban J connectivity index is 1.64. The Morgan fingerprint density at radius 3 is 2.29 bits per heavy atom. The number of anilines is 2. The van der Waals surface area contributed by atoms with Crippen LogP contribution in [0, 0.1) is 20.8 Å². The summed E-state index contributed by atoms with van der Waals surface area (Å²) >= 11 is 6.88. The minimum absolute atomic E-state index is 0.173. The smallest absolute Gasteiger partial charge is 0.321 e. The van der Waals surface area contributed by atoms with Gasteiger partial charge in [0.1, 0.15) is 5.69 Å². The molecule has 0 saturated carbocycles. The standard InChI is InChI=1S/C26H22Br2N4O3/c1-14-4-5-15(2)21(10-14)30-25(34)26(35)31-32-22-9-6-18(27)12-17(22)13-23(32)24(33)29-19-7-8-20(28)16(3)11-19/h4-13H,1-3H3,(H,29,33)(H,30,34)(H,31,35). The molecule has 4 rings (SSSR count). The van der Waals surface area contributed by atoms with Crippen molar-refractivity contribution in [1.82, 2.24) is 4.68 Å². The van der Waals surface area contributed by atoms with Crippen molar-refractivity contribution in [2.45, 2.75) is 20.8 Å². The van der Waals surface area contributed by atoms with E-state index in [0.29, 0.717) is 22.3 Å². The van der Waals surface area contributed by atoms with Crippen LogP contribution in [0.1, 0.15) is 27.2 Å². The highest BCUT2D eigenvalue weighted by molar-refractivity contribution is 9.10. The molecular weight excluding hydrogens is 576 g/mol. The van der Waals surface area contributed by atoms with Gasteiger partial charge in [-0.25, -0.2) is 4.68 Å². The van der Waals surface area contributed by atoms with Gasteiger partial charge in [-0.05, 0) is 86.0 Å². The van der Waals surface area contributed by atoms with Gasteiger partial charge < -0.3 is 10.6 Å². The van der Waals surface area contributed by atoms with Crippen molar-refractivity contribution in [3.8, 4) is 0 Å². The van der Waals surface area contributed by atoms with Gasteiger partial charge in [0.15, 0.2) is 0 Å². The van der Waals surface area contributed by atoms with Gasteiger partial charge >= 0.3 is 11.8 Å². The van der Waals surface area contributed by atoms with Gasteiger partial charge in [0.05, 0.1) is 5.52 Å². The molecule has 0 radical (unpaired) electrons. The van der Waals surface area contributed by atoms with Crippen LogP contribution in [0.25, 0.3) is 10.9 Å². The number of nitrogens with zero attached hydrogens (tertiary/aromatic N) is 1. The monoisotopic (exact) mass is 596 g/mol. The second-order valence-electron chi connectivity index (χ2n) is 8.20. The van der Waals surface area contributed by atoms with Crippen LogP contribution < -0.4 is 16.1 Å². The van der Waals surface area contributed by atoms with Crippen molar-refractivity contribution in [2.75, 3.05) is 16.1 Å². The van der Waals surface area contributed by atoms with Crippen LogP contribution in [0.5, 0.6) is 0 Å². The lowest BCUT2D eigenvalue weighted by molar-refractivity contribution is -0.133. The number of benzene rings is 3. The molecule has 0 fully saturated rings. The van der Waals surface area contributed by atoms with Gasteiger partial charge in [0.25, 0.3) is 5.91 Å². The number of fused-ring (bicyclic) bond motifs is 1. The predicted molar refractivity (Wildman–Crippen MR) is 145 cm³/mol. The third-order valence-corrected chi connectivity index (χ3v) is 6.86. The summed E-state index contributed by atoms with van der Waals surface area (Å²) in [7, 11) is 0. The second-order valence-corrected chi connectivity index (χ2v) is 9.97. The zero-order chi connectivity index (χ0) is 25.3. The van der Waals surface area contributed by atoms with Crippen LogP contribution in [0.15, 0.2) is 69.6 Å². The predicted octanol–water partition coefficient (Wildman–Crippen LogP) is 6.05. The summed E-state index contributed by atoms with van der Waals surface area (Å²) in [5.74, 6) is -2.18. The molecule has 0 spiro atoms. The SMILES string of the molecule is Cc1ccc(C)c(NC(=O)C(=O)Nn2c(C(=O)Nc3ccc(Br)c(C)c3)cc3cc(Br)ccc32)c1. The van der Waals surface area contributed by atoms with E-state index in [1.165, 1.54) is 4.68 Å². The molecule has 3 aromatic carbocycles. The van der Waals surface area contributed by atoms with Crippen molar-refractivity contribution >= 4 is 71.9 Å². The molecule has 0 aliphatic rings. The van der Waals surface area contributed by atoms with Crippen LogP contribution in [-0.4, -0.2) is 22.4 Å². The third-order valence-electron chi connectivity index (χ3n) is 5.47. The van der Waals surface area contributed by atoms with Gasteiger partial charge in [-0.2, -0.15) is 0 Å². The minimum atomic E-state index is -0.903. The fourth-order valence-electron chi connectivity index (χ4n) is 3.59. The highest BCUT2D eigenvalue weighted by Crippen LogP contribution is 2.25. The summed E-state index contributed by atoms with van der Waals surface area (Å²) in [6.45, 7) is 5.66. The Hall–Kier alpha value is -3.43. The van der Waals surface area contributed by atoms with Crippen molar-refractivity contribution in [3.05, 3.63) is 92.0 Å². The number of carbonyl (C=O) groups is 3. The Kier molecular flexibility index (Phi) is 7.09. The van der Waals surface area contributed by atoms with Crippen LogP contribution in [0.4, 0.5) is 11.4 Å². The lowest BCUT2D eigenvalue weighted by atomic mass is 10.1. The molecule has 9 heteroatoms. The van der Waals surface area contributed by atoms with Crippen molar-refractivity contribution in [2.24, 2.45) is 0 Å². The third kappa shape index (κ3) is 5.47. The molecule has 7 nitrogen and oxygen atoms in total. The van der Waals surface area contributed by atoms with E-state index >= 15 is 0 Å². The number of halogens is 2. The number of aryl methyl sites for hydroxylation is 3. The van der Waals surface area contributed by atoms with E-state index in [9.17, 15) is 14.4 Å². The fraction of sp³-hybridized carbons (Fsp3) is 0.115. The van der Waals surface area contributed by atoms with Crippen molar-refractivity contribution in [3.63, 3.8) is 0 Å². The second kappa shape index (κ2) is 10.1. The number of amides is 3. The first-order chi connectivity index (χ1) is 16.6. The maximum Gasteiger partial charge on any atom is 0.328 e. The summed E-state index contributed by atoms with van der Waals surface area (Å²) in [6.07, 6.45) is 0. The average Bonchev–Trinajstić information content (AvgIpc) is 3.16. The molecule has 3 N–H and O–H groups in total. The van der Waals surface area contributed by atoms with Gasteiger partial charge in [-0.15, -0.1) is 0 Å². The highest BCUT2D eigenvalue weighted by Gasteiger charge is 2.21. The molecule has 0 aliphatic carbocycles. The largest absolute Gasteiger partial charge is 0.328 e. The summed E-state index contributed by atoms with van der Waals surface area (Å²) in [5.41, 5.74) is 7.22. The fourth-order valence-corrected chi connectivity index (χ4v) is 4.22. The Bertz CT molecular complexity index is 1490. The first-order valence-corrected chi connectivity index (χ1v) is 12.3. The Morgan fingerprint density at radius 1 is 0.771 bits per heavy atom. The lowest BCUT2D eigenvalue weighted by Gasteiger charge is -2.14. The maximum atomic E-state index is 13.2. The molecule has 35 heavy (non-hydrogen) atoms. The number of carbonyl (C=O) groups excluding carboxylic acids is 3. The zero-order valence-corrected chi connectivity index (χ0v) is 22.4. The molecular formula is C26H22Br2N4O3. The number of rotatable bonds is 4. The van der Waals surface area contributed by atoms with Gasteiger partial charge in [-0.1, -0.05) is 44.0 Å². The van der Waals surface area contributed by atoms with E-state index in [1.807, 2.05) is 51.1 Å². The molecule has 1 heterocycles. The molecule has 0 unspecified atom stereocenters. The van der Waals surface area contributed by atoms with E-state index < -0.39 is 17.7 Å². The first-order valence-electron chi connectivity index (χ1n) is 10.7. The van der Waals surface area contributed by atoms with Crippen LogP contribution in [0.3, 0.4) is 0 Å². The van der Waals surface area contributed by atoms with Crippen LogP contribution >= 0.6 is 31.9 Å². The van der Waals surface area contributed by atoms with E-state index in [2.05, 4.69) is 47.9 Å².